The van der Waals surface area contributed by atoms with E-state index in [2.05, 4.69) is 0 Å². The molecule has 1 atom stereocenters. The van der Waals surface area contributed by atoms with Crippen LogP contribution in [-0.2, 0) is 0 Å². The van der Waals surface area contributed by atoms with Crippen LogP contribution < -0.4 is 4.74 Å². The summed E-state index contributed by atoms with van der Waals surface area (Å²) in [5.74, 6) is -1.65. The summed E-state index contributed by atoms with van der Waals surface area (Å²) in [4.78, 5) is 38.5. The second kappa shape index (κ2) is 8.00. The van der Waals surface area contributed by atoms with E-state index in [4.69, 9.17) is 16.3 Å². The van der Waals surface area contributed by atoms with Crippen molar-refractivity contribution < 1.29 is 24.2 Å². The summed E-state index contributed by atoms with van der Waals surface area (Å²) in [5.41, 5.74) is 0.926. The molecule has 0 fully saturated rings. The van der Waals surface area contributed by atoms with Crippen LogP contribution in [0.2, 0.25) is 5.02 Å². The van der Waals surface area contributed by atoms with Gasteiger partial charge in [0.15, 0.2) is 0 Å². The number of hydrogen-bond acceptors (Lipinski definition) is 4. The Morgan fingerprint density at radius 1 is 0.933 bits per heavy atom. The molecule has 1 unspecified atom stereocenters. The summed E-state index contributed by atoms with van der Waals surface area (Å²) in [6.45, 7) is 0.0307. The van der Waals surface area contributed by atoms with Crippen molar-refractivity contribution in [2.75, 3.05) is 6.61 Å². The van der Waals surface area contributed by atoms with Crippen molar-refractivity contribution in [3.05, 3.63) is 100 Å². The van der Waals surface area contributed by atoms with Crippen LogP contribution in [0.25, 0.3) is 0 Å². The standard InChI is InChI=1S/C23H16ClNO5/c24-16-7-9-17(10-8-16)30-13-20(14-4-2-1-3-5-14)25-21(26)18-11-6-15(23(28)29)12-19(18)22(25)27/h1-12,20H,13H2,(H,28,29). The number of hydrogen-bond donors (Lipinski definition) is 1. The lowest BCUT2D eigenvalue weighted by molar-refractivity contribution is 0.0529. The maximum atomic E-state index is 13.1. The Balaban J connectivity index is 1.68. The number of carboxylic acid groups (broad SMARTS) is 1. The minimum absolute atomic E-state index is 0.0307. The van der Waals surface area contributed by atoms with E-state index in [1.807, 2.05) is 30.3 Å². The van der Waals surface area contributed by atoms with Crippen LogP contribution in [0.1, 0.15) is 42.7 Å². The number of halogens is 1. The average Bonchev–Trinajstić information content (AvgIpc) is 3.00. The lowest BCUT2D eigenvalue weighted by Gasteiger charge is -2.26. The van der Waals surface area contributed by atoms with E-state index in [0.29, 0.717) is 10.8 Å². The second-order valence-electron chi connectivity index (χ2n) is 6.74. The van der Waals surface area contributed by atoms with Gasteiger partial charge in [0.1, 0.15) is 12.4 Å². The Bertz CT molecular complexity index is 1130. The molecule has 1 heterocycles. The van der Waals surface area contributed by atoms with Crippen LogP contribution in [0.5, 0.6) is 5.75 Å². The fourth-order valence-corrected chi connectivity index (χ4v) is 3.50. The Hall–Kier alpha value is -3.64. The van der Waals surface area contributed by atoms with E-state index >= 15 is 0 Å². The van der Waals surface area contributed by atoms with Gasteiger partial charge < -0.3 is 9.84 Å². The topological polar surface area (TPSA) is 83.9 Å². The van der Waals surface area contributed by atoms with Crippen molar-refractivity contribution in [1.82, 2.24) is 4.90 Å². The molecule has 0 aliphatic carbocycles. The number of imide groups is 1. The van der Waals surface area contributed by atoms with Crippen molar-refractivity contribution in [3.63, 3.8) is 0 Å². The summed E-state index contributed by atoms with van der Waals surface area (Å²) in [5, 5.41) is 9.78. The number of rotatable bonds is 6. The predicted molar refractivity (Wildman–Crippen MR) is 110 cm³/mol. The summed E-state index contributed by atoms with van der Waals surface area (Å²) < 4.78 is 5.85. The number of carbonyl (C=O) groups excluding carboxylic acids is 2. The Kier molecular flexibility index (Phi) is 5.25. The van der Waals surface area contributed by atoms with Gasteiger partial charge in [0, 0.05) is 5.02 Å². The number of fused-ring (bicyclic) bond motifs is 1. The number of ether oxygens (including phenoxy) is 1. The van der Waals surface area contributed by atoms with E-state index in [9.17, 15) is 19.5 Å². The van der Waals surface area contributed by atoms with E-state index < -0.39 is 23.8 Å². The zero-order chi connectivity index (χ0) is 21.3. The number of benzene rings is 3. The van der Waals surface area contributed by atoms with Crippen molar-refractivity contribution in [2.45, 2.75) is 6.04 Å². The van der Waals surface area contributed by atoms with Gasteiger partial charge in [-0.1, -0.05) is 41.9 Å². The van der Waals surface area contributed by atoms with E-state index in [1.165, 1.54) is 18.2 Å². The van der Waals surface area contributed by atoms with Gasteiger partial charge in [-0.05, 0) is 48.0 Å². The molecular formula is C23H16ClNO5. The number of carboxylic acids is 1. The Labute approximate surface area is 177 Å². The third kappa shape index (κ3) is 3.65. The molecule has 1 aliphatic heterocycles. The smallest absolute Gasteiger partial charge is 0.335 e. The van der Waals surface area contributed by atoms with Gasteiger partial charge in [-0.3, -0.25) is 14.5 Å². The molecule has 150 valence electrons. The van der Waals surface area contributed by atoms with E-state index in [-0.39, 0.29) is 23.3 Å². The zero-order valence-electron chi connectivity index (χ0n) is 15.6. The van der Waals surface area contributed by atoms with Crippen LogP contribution in [0.15, 0.2) is 72.8 Å². The van der Waals surface area contributed by atoms with Crippen LogP contribution in [0, 0.1) is 0 Å². The molecular weight excluding hydrogens is 406 g/mol. The molecule has 2 amide bonds. The Morgan fingerprint density at radius 3 is 2.27 bits per heavy atom. The molecule has 0 spiro atoms. The maximum Gasteiger partial charge on any atom is 0.335 e. The number of nitrogens with zero attached hydrogens (tertiary/aromatic N) is 1. The maximum absolute atomic E-state index is 13.1. The fraction of sp³-hybridized carbons (Fsp3) is 0.0870. The zero-order valence-corrected chi connectivity index (χ0v) is 16.4. The molecule has 0 aromatic heterocycles. The first kappa shape index (κ1) is 19.7. The van der Waals surface area contributed by atoms with Gasteiger partial charge in [0.25, 0.3) is 11.8 Å². The van der Waals surface area contributed by atoms with Crippen LogP contribution in [-0.4, -0.2) is 34.4 Å². The van der Waals surface area contributed by atoms with Crippen molar-refractivity contribution in [2.24, 2.45) is 0 Å². The van der Waals surface area contributed by atoms with Crippen molar-refractivity contribution in [3.8, 4) is 5.75 Å². The molecule has 0 bridgehead atoms. The minimum atomic E-state index is -1.16. The monoisotopic (exact) mass is 421 g/mol. The van der Waals surface area contributed by atoms with E-state index in [0.717, 1.165) is 10.5 Å². The predicted octanol–water partition coefficient (Wildman–Crippen LogP) is 4.45. The highest BCUT2D eigenvalue weighted by Crippen LogP contribution is 2.33. The van der Waals surface area contributed by atoms with Crippen molar-refractivity contribution in [1.29, 1.82) is 0 Å². The molecule has 7 heteroatoms. The minimum Gasteiger partial charge on any atom is -0.491 e. The second-order valence-corrected chi connectivity index (χ2v) is 7.17. The van der Waals surface area contributed by atoms with Gasteiger partial charge >= 0.3 is 5.97 Å². The van der Waals surface area contributed by atoms with Crippen LogP contribution >= 0.6 is 11.6 Å². The number of aromatic carboxylic acids is 1. The molecule has 3 aromatic carbocycles. The molecule has 1 aliphatic rings. The van der Waals surface area contributed by atoms with Crippen LogP contribution in [0.3, 0.4) is 0 Å². The third-order valence-corrected chi connectivity index (χ3v) is 5.13. The Morgan fingerprint density at radius 2 is 1.60 bits per heavy atom. The lowest BCUT2D eigenvalue weighted by atomic mass is 10.1. The first-order chi connectivity index (χ1) is 14.5. The van der Waals surface area contributed by atoms with Gasteiger partial charge in [-0.15, -0.1) is 0 Å². The molecule has 1 N–H and O–H groups in total. The van der Waals surface area contributed by atoms with Gasteiger partial charge in [0.2, 0.25) is 0 Å². The highest BCUT2D eigenvalue weighted by molar-refractivity contribution is 6.30. The molecule has 0 radical (unpaired) electrons. The van der Waals surface area contributed by atoms with Gasteiger partial charge in [0.05, 0.1) is 22.7 Å². The van der Waals surface area contributed by atoms with Crippen molar-refractivity contribution >= 4 is 29.4 Å². The lowest BCUT2D eigenvalue weighted by Crippen LogP contribution is -2.37. The first-order valence-corrected chi connectivity index (χ1v) is 9.52. The number of amides is 2. The molecule has 6 nitrogen and oxygen atoms in total. The largest absolute Gasteiger partial charge is 0.491 e. The van der Waals surface area contributed by atoms with Gasteiger partial charge in [-0.2, -0.15) is 0 Å². The average molecular weight is 422 g/mol. The normalized spacial score (nSPS) is 13.8. The molecule has 0 saturated heterocycles. The quantitative estimate of drug-likeness (QED) is 0.594. The molecule has 0 saturated carbocycles. The molecule has 30 heavy (non-hydrogen) atoms. The van der Waals surface area contributed by atoms with Gasteiger partial charge in [-0.25, -0.2) is 4.79 Å². The molecule has 4 rings (SSSR count). The summed E-state index contributed by atoms with van der Waals surface area (Å²) >= 11 is 5.90. The summed E-state index contributed by atoms with van der Waals surface area (Å²) in [7, 11) is 0. The number of carbonyl (C=O) groups is 3. The van der Waals surface area contributed by atoms with Crippen LogP contribution in [0.4, 0.5) is 0 Å². The van der Waals surface area contributed by atoms with E-state index in [1.54, 1.807) is 24.3 Å². The highest BCUT2D eigenvalue weighted by Gasteiger charge is 2.41. The third-order valence-electron chi connectivity index (χ3n) is 4.88. The fourth-order valence-electron chi connectivity index (χ4n) is 3.38. The molecule has 3 aromatic rings. The summed E-state index contributed by atoms with van der Waals surface area (Å²) in [6, 6.07) is 19.1. The SMILES string of the molecule is O=C(O)c1ccc2c(c1)C(=O)N(C(COc1ccc(Cl)cc1)c1ccccc1)C2=O. The summed E-state index contributed by atoms with van der Waals surface area (Å²) in [6.07, 6.45) is 0. The first-order valence-electron chi connectivity index (χ1n) is 9.14. The highest BCUT2D eigenvalue weighted by atomic mass is 35.5.